The highest BCUT2D eigenvalue weighted by Crippen LogP contribution is 2.20. The minimum atomic E-state index is 0.112. The van der Waals surface area contributed by atoms with Crippen LogP contribution >= 0.6 is 0 Å². The molecule has 1 fully saturated rings. The van der Waals surface area contributed by atoms with Crippen LogP contribution in [0.1, 0.15) is 38.2 Å². The van der Waals surface area contributed by atoms with Crippen molar-refractivity contribution in [1.82, 2.24) is 10.2 Å². The number of likely N-dealkylation sites (tertiary alicyclic amines) is 1. The molecule has 0 saturated carbocycles. The summed E-state index contributed by atoms with van der Waals surface area (Å²) in [6.07, 6.45) is 4.50. The molecule has 2 rings (SSSR count). The van der Waals surface area contributed by atoms with Crippen molar-refractivity contribution in [2.75, 3.05) is 20.2 Å². The van der Waals surface area contributed by atoms with E-state index in [2.05, 4.69) is 12.2 Å². The molecule has 1 unspecified atom stereocenters. The van der Waals surface area contributed by atoms with Crippen molar-refractivity contribution >= 4 is 5.91 Å². The first-order valence-electron chi connectivity index (χ1n) is 7.90. The molecule has 0 spiro atoms. The molecule has 21 heavy (non-hydrogen) atoms. The van der Waals surface area contributed by atoms with Gasteiger partial charge in [0.05, 0.1) is 0 Å². The number of ether oxygens (including phenoxy) is 1. The van der Waals surface area contributed by atoms with Crippen LogP contribution in [0.5, 0.6) is 5.75 Å². The van der Waals surface area contributed by atoms with Gasteiger partial charge in [-0.3, -0.25) is 4.79 Å². The minimum Gasteiger partial charge on any atom is -0.484 e. The van der Waals surface area contributed by atoms with Crippen molar-refractivity contribution < 1.29 is 9.53 Å². The molecule has 1 aromatic rings. The van der Waals surface area contributed by atoms with Crippen LogP contribution in [0.15, 0.2) is 24.3 Å². The summed E-state index contributed by atoms with van der Waals surface area (Å²) in [5, 5.41) is 3.11. The predicted molar refractivity (Wildman–Crippen MR) is 84.3 cm³/mol. The van der Waals surface area contributed by atoms with E-state index in [-0.39, 0.29) is 12.5 Å². The molecule has 1 atom stereocenters. The summed E-state index contributed by atoms with van der Waals surface area (Å²) in [7, 11) is 1.92. The molecule has 1 saturated heterocycles. The normalized spacial score (nSPS) is 18.6. The summed E-state index contributed by atoms with van der Waals surface area (Å²) in [6, 6.07) is 8.28. The Balaban J connectivity index is 1.85. The molecular weight excluding hydrogens is 264 g/mol. The van der Waals surface area contributed by atoms with Gasteiger partial charge in [0, 0.05) is 19.1 Å². The second-order valence-electron chi connectivity index (χ2n) is 5.61. The van der Waals surface area contributed by atoms with Crippen LogP contribution in [0.3, 0.4) is 0 Å². The topological polar surface area (TPSA) is 41.6 Å². The Kier molecular flexibility index (Phi) is 6.05. The van der Waals surface area contributed by atoms with Crippen LogP contribution in [0, 0.1) is 0 Å². The van der Waals surface area contributed by atoms with Gasteiger partial charge in [0.2, 0.25) is 0 Å². The molecule has 116 valence electrons. The molecule has 1 N–H and O–H groups in total. The molecule has 0 bridgehead atoms. The van der Waals surface area contributed by atoms with E-state index in [1.165, 1.54) is 12.0 Å². The Morgan fingerprint density at radius 1 is 1.33 bits per heavy atom. The molecule has 1 heterocycles. The highest BCUT2D eigenvalue weighted by Gasteiger charge is 2.25. The van der Waals surface area contributed by atoms with Crippen molar-refractivity contribution in [2.45, 2.75) is 45.2 Å². The Hall–Kier alpha value is -1.55. The first-order valence-corrected chi connectivity index (χ1v) is 7.90. The highest BCUT2D eigenvalue weighted by molar-refractivity contribution is 5.78. The smallest absolute Gasteiger partial charge is 0.260 e. The van der Waals surface area contributed by atoms with E-state index in [1.807, 2.05) is 36.2 Å². The quantitative estimate of drug-likeness (QED) is 0.875. The van der Waals surface area contributed by atoms with Gasteiger partial charge in [-0.15, -0.1) is 0 Å². The predicted octanol–water partition coefficient (Wildman–Crippen LogP) is 2.58. The van der Waals surface area contributed by atoms with E-state index in [9.17, 15) is 4.79 Å². The van der Waals surface area contributed by atoms with Crippen LogP contribution in [-0.2, 0) is 11.3 Å². The molecule has 1 aliphatic rings. The maximum atomic E-state index is 12.3. The number of piperidine rings is 1. The second-order valence-corrected chi connectivity index (χ2v) is 5.61. The largest absolute Gasteiger partial charge is 0.484 e. The van der Waals surface area contributed by atoms with Crippen LogP contribution in [0.4, 0.5) is 0 Å². The number of benzene rings is 1. The number of rotatable bonds is 6. The van der Waals surface area contributed by atoms with Crippen LogP contribution in [0.2, 0.25) is 0 Å². The number of hydrogen-bond donors (Lipinski definition) is 1. The van der Waals surface area contributed by atoms with Gasteiger partial charge in [-0.05, 0) is 50.4 Å². The molecular formula is C17H26N2O2. The maximum absolute atomic E-state index is 12.3. The van der Waals surface area contributed by atoms with Gasteiger partial charge in [-0.2, -0.15) is 0 Å². The first-order chi connectivity index (χ1) is 10.2. The molecule has 1 aromatic carbocycles. The summed E-state index contributed by atoms with van der Waals surface area (Å²) in [5.41, 5.74) is 1.21. The standard InChI is InChI=1S/C17H26N2O2/c1-3-15-6-4-5-11-19(15)17(20)13-21-16-9-7-14(8-10-16)12-18-2/h7-10,15,18H,3-6,11-13H2,1-2H3. The van der Waals surface area contributed by atoms with Crippen LogP contribution < -0.4 is 10.1 Å². The summed E-state index contributed by atoms with van der Waals surface area (Å²) in [5.74, 6) is 0.870. The van der Waals surface area contributed by atoms with Crippen LogP contribution in [-0.4, -0.2) is 37.0 Å². The van der Waals surface area contributed by atoms with E-state index < -0.39 is 0 Å². The van der Waals surface area contributed by atoms with E-state index >= 15 is 0 Å². The van der Waals surface area contributed by atoms with Crippen molar-refractivity contribution in [3.8, 4) is 5.75 Å². The van der Waals surface area contributed by atoms with Crippen molar-refractivity contribution in [1.29, 1.82) is 0 Å². The average molecular weight is 290 g/mol. The first kappa shape index (κ1) is 15.8. The lowest BCUT2D eigenvalue weighted by molar-refractivity contribution is -0.137. The molecule has 4 heteroatoms. The molecule has 4 nitrogen and oxygen atoms in total. The number of nitrogens with zero attached hydrogens (tertiary/aromatic N) is 1. The zero-order valence-corrected chi connectivity index (χ0v) is 13.1. The lowest BCUT2D eigenvalue weighted by atomic mass is 10.00. The Labute approximate surface area is 127 Å². The van der Waals surface area contributed by atoms with Gasteiger partial charge < -0.3 is 15.0 Å². The Bertz CT molecular complexity index is 445. The van der Waals surface area contributed by atoms with Gasteiger partial charge in [-0.25, -0.2) is 0 Å². The highest BCUT2D eigenvalue weighted by atomic mass is 16.5. The summed E-state index contributed by atoms with van der Waals surface area (Å²) >= 11 is 0. The van der Waals surface area contributed by atoms with Crippen molar-refractivity contribution in [2.24, 2.45) is 0 Å². The average Bonchev–Trinajstić information content (AvgIpc) is 2.54. The lowest BCUT2D eigenvalue weighted by Gasteiger charge is -2.35. The number of amides is 1. The third-order valence-corrected chi connectivity index (χ3v) is 4.09. The monoisotopic (exact) mass is 290 g/mol. The lowest BCUT2D eigenvalue weighted by Crippen LogP contribution is -2.45. The third kappa shape index (κ3) is 4.46. The van der Waals surface area contributed by atoms with E-state index in [0.717, 1.165) is 38.1 Å². The van der Waals surface area contributed by atoms with Crippen molar-refractivity contribution in [3.63, 3.8) is 0 Å². The zero-order valence-electron chi connectivity index (χ0n) is 13.1. The minimum absolute atomic E-state index is 0.112. The fourth-order valence-corrected chi connectivity index (χ4v) is 2.89. The molecule has 0 aliphatic carbocycles. The SMILES string of the molecule is CCC1CCCCN1C(=O)COc1ccc(CNC)cc1. The van der Waals surface area contributed by atoms with Gasteiger partial charge in [0.15, 0.2) is 6.61 Å². The number of carbonyl (C=O) groups is 1. The summed E-state index contributed by atoms with van der Waals surface area (Å²) < 4.78 is 5.64. The van der Waals surface area contributed by atoms with E-state index in [0.29, 0.717) is 6.04 Å². The molecule has 0 aromatic heterocycles. The Morgan fingerprint density at radius 2 is 2.10 bits per heavy atom. The molecule has 1 aliphatic heterocycles. The fourth-order valence-electron chi connectivity index (χ4n) is 2.89. The maximum Gasteiger partial charge on any atom is 0.260 e. The van der Waals surface area contributed by atoms with E-state index in [1.54, 1.807) is 0 Å². The number of nitrogens with one attached hydrogen (secondary N) is 1. The van der Waals surface area contributed by atoms with Gasteiger partial charge in [-0.1, -0.05) is 19.1 Å². The molecule has 0 radical (unpaired) electrons. The zero-order chi connectivity index (χ0) is 15.1. The van der Waals surface area contributed by atoms with Gasteiger partial charge in [0.1, 0.15) is 5.75 Å². The molecule has 1 amide bonds. The Morgan fingerprint density at radius 3 is 2.76 bits per heavy atom. The summed E-state index contributed by atoms with van der Waals surface area (Å²) in [4.78, 5) is 14.3. The van der Waals surface area contributed by atoms with Gasteiger partial charge in [0.25, 0.3) is 5.91 Å². The van der Waals surface area contributed by atoms with E-state index in [4.69, 9.17) is 4.74 Å². The fraction of sp³-hybridized carbons (Fsp3) is 0.588. The second kappa shape index (κ2) is 8.03. The number of carbonyl (C=O) groups excluding carboxylic acids is 1. The number of hydrogen-bond acceptors (Lipinski definition) is 3. The summed E-state index contributed by atoms with van der Waals surface area (Å²) in [6.45, 7) is 4.01. The van der Waals surface area contributed by atoms with Gasteiger partial charge >= 0.3 is 0 Å². The van der Waals surface area contributed by atoms with Crippen molar-refractivity contribution in [3.05, 3.63) is 29.8 Å². The van der Waals surface area contributed by atoms with Crippen LogP contribution in [0.25, 0.3) is 0 Å². The third-order valence-electron chi connectivity index (χ3n) is 4.09.